The van der Waals surface area contributed by atoms with Crippen molar-refractivity contribution in [1.29, 1.82) is 0 Å². The summed E-state index contributed by atoms with van der Waals surface area (Å²) in [6.07, 6.45) is 0.951. The summed E-state index contributed by atoms with van der Waals surface area (Å²) in [7, 11) is 1.34. The van der Waals surface area contributed by atoms with Crippen LogP contribution in [0, 0.1) is 6.92 Å². The fraction of sp³-hybridized carbons (Fsp3) is 0.500. The van der Waals surface area contributed by atoms with Crippen LogP contribution in [-0.2, 0) is 9.53 Å². The second-order valence-electron chi connectivity index (χ2n) is 5.17. The van der Waals surface area contributed by atoms with Gasteiger partial charge < -0.3 is 15.4 Å². The van der Waals surface area contributed by atoms with E-state index in [0.717, 1.165) is 17.5 Å². The van der Waals surface area contributed by atoms with E-state index in [1.165, 1.54) is 7.11 Å². The molecule has 0 saturated carbocycles. The van der Waals surface area contributed by atoms with Gasteiger partial charge in [-0.2, -0.15) is 0 Å². The van der Waals surface area contributed by atoms with Gasteiger partial charge in [-0.1, -0.05) is 36.8 Å². The summed E-state index contributed by atoms with van der Waals surface area (Å²) < 4.78 is 4.70. The minimum atomic E-state index is -0.401. The molecule has 0 aliphatic heterocycles. The Hall–Kier alpha value is -2.04. The molecule has 0 aromatic heterocycles. The second-order valence-corrected chi connectivity index (χ2v) is 5.17. The zero-order valence-corrected chi connectivity index (χ0v) is 13.1. The molecule has 2 N–H and O–H groups in total. The molecule has 0 radical (unpaired) electrons. The monoisotopic (exact) mass is 292 g/mol. The van der Waals surface area contributed by atoms with E-state index in [0.29, 0.717) is 0 Å². The maximum absolute atomic E-state index is 12.0. The first-order chi connectivity index (χ1) is 9.96. The topological polar surface area (TPSA) is 67.4 Å². The van der Waals surface area contributed by atoms with E-state index >= 15 is 0 Å². The number of hydrogen-bond acceptors (Lipinski definition) is 3. The predicted molar refractivity (Wildman–Crippen MR) is 82.0 cm³/mol. The van der Waals surface area contributed by atoms with Crippen LogP contribution in [0.2, 0.25) is 0 Å². The van der Waals surface area contributed by atoms with E-state index in [4.69, 9.17) is 4.74 Å². The number of methoxy groups -OCH3 is 1. The lowest BCUT2D eigenvalue weighted by molar-refractivity contribution is -0.141. The van der Waals surface area contributed by atoms with Gasteiger partial charge in [0.15, 0.2) is 0 Å². The highest BCUT2D eigenvalue weighted by atomic mass is 16.5. The molecular weight excluding hydrogens is 268 g/mol. The molecule has 1 aromatic carbocycles. The first-order valence-electron chi connectivity index (χ1n) is 7.16. The molecule has 2 atom stereocenters. The van der Waals surface area contributed by atoms with Crippen molar-refractivity contribution in [1.82, 2.24) is 10.6 Å². The molecular formula is C16H24N2O3. The Bertz CT molecular complexity index is 471. The highest BCUT2D eigenvalue weighted by Crippen LogP contribution is 2.18. The molecule has 0 spiro atoms. The second kappa shape index (κ2) is 8.29. The Morgan fingerprint density at radius 3 is 2.33 bits per heavy atom. The number of aryl methyl sites for hydroxylation is 1. The van der Waals surface area contributed by atoms with Crippen molar-refractivity contribution in [2.75, 3.05) is 7.11 Å². The normalized spacial score (nSPS) is 13.1. The van der Waals surface area contributed by atoms with Gasteiger partial charge in [0, 0.05) is 6.04 Å². The van der Waals surface area contributed by atoms with Crippen molar-refractivity contribution in [2.45, 2.75) is 45.7 Å². The van der Waals surface area contributed by atoms with Crippen molar-refractivity contribution < 1.29 is 14.3 Å². The molecule has 5 heteroatoms. The minimum Gasteiger partial charge on any atom is -0.469 e. The SMILES string of the molecule is CCC(C)NC(=O)NC(CC(=O)OC)c1ccc(C)cc1. The Kier molecular flexibility index (Phi) is 6.72. The van der Waals surface area contributed by atoms with Crippen LogP contribution >= 0.6 is 0 Å². The molecule has 0 fully saturated rings. The number of nitrogens with one attached hydrogen (secondary N) is 2. The number of rotatable bonds is 6. The van der Waals surface area contributed by atoms with Gasteiger partial charge in [0.2, 0.25) is 0 Å². The molecule has 0 aliphatic rings. The van der Waals surface area contributed by atoms with Gasteiger partial charge in [0.1, 0.15) is 0 Å². The Morgan fingerprint density at radius 1 is 1.19 bits per heavy atom. The third-order valence-corrected chi connectivity index (χ3v) is 3.37. The minimum absolute atomic E-state index is 0.0850. The van der Waals surface area contributed by atoms with Crippen LogP contribution in [0.1, 0.15) is 43.9 Å². The lowest BCUT2D eigenvalue weighted by Gasteiger charge is -2.20. The number of ether oxygens (including phenoxy) is 1. The summed E-state index contributed by atoms with van der Waals surface area (Å²) in [6, 6.07) is 7.13. The number of amides is 2. The summed E-state index contributed by atoms with van der Waals surface area (Å²) >= 11 is 0. The molecule has 0 saturated heterocycles. The van der Waals surface area contributed by atoms with E-state index in [2.05, 4.69) is 10.6 Å². The van der Waals surface area contributed by atoms with Crippen molar-refractivity contribution in [3.63, 3.8) is 0 Å². The molecule has 2 unspecified atom stereocenters. The summed E-state index contributed by atoms with van der Waals surface area (Å²) in [5.74, 6) is -0.357. The predicted octanol–water partition coefficient (Wildman–Crippen LogP) is 2.70. The average molecular weight is 292 g/mol. The molecule has 1 rings (SSSR count). The van der Waals surface area contributed by atoms with E-state index < -0.39 is 6.04 Å². The Morgan fingerprint density at radius 2 is 1.81 bits per heavy atom. The first-order valence-corrected chi connectivity index (χ1v) is 7.16. The Labute approximate surface area is 126 Å². The van der Waals surface area contributed by atoms with Crippen LogP contribution in [0.4, 0.5) is 4.79 Å². The maximum atomic E-state index is 12.0. The molecule has 5 nitrogen and oxygen atoms in total. The third kappa shape index (κ3) is 5.85. The number of esters is 1. The van der Waals surface area contributed by atoms with Crippen LogP contribution < -0.4 is 10.6 Å². The molecule has 1 aromatic rings. The number of benzene rings is 1. The van der Waals surface area contributed by atoms with Gasteiger partial charge >= 0.3 is 12.0 Å². The van der Waals surface area contributed by atoms with Crippen LogP contribution in [0.15, 0.2) is 24.3 Å². The number of hydrogen-bond donors (Lipinski definition) is 2. The maximum Gasteiger partial charge on any atom is 0.315 e. The van der Waals surface area contributed by atoms with Crippen LogP contribution in [-0.4, -0.2) is 25.2 Å². The van der Waals surface area contributed by atoms with Gasteiger partial charge in [-0.15, -0.1) is 0 Å². The fourth-order valence-corrected chi connectivity index (χ4v) is 1.83. The molecule has 21 heavy (non-hydrogen) atoms. The molecule has 0 bridgehead atoms. The zero-order valence-electron chi connectivity index (χ0n) is 13.1. The van der Waals surface area contributed by atoms with Crippen LogP contribution in [0.5, 0.6) is 0 Å². The number of carbonyl (C=O) groups excluding carboxylic acids is 2. The van der Waals surface area contributed by atoms with Gasteiger partial charge in [-0.05, 0) is 25.8 Å². The summed E-state index contributed by atoms with van der Waals surface area (Å²) in [5.41, 5.74) is 2.00. The van der Waals surface area contributed by atoms with Crippen molar-refractivity contribution in [2.24, 2.45) is 0 Å². The lowest BCUT2D eigenvalue weighted by Crippen LogP contribution is -2.42. The van der Waals surface area contributed by atoms with Gasteiger partial charge in [0.05, 0.1) is 19.6 Å². The number of urea groups is 1. The quantitative estimate of drug-likeness (QED) is 0.792. The van der Waals surface area contributed by atoms with Crippen molar-refractivity contribution in [3.8, 4) is 0 Å². The smallest absolute Gasteiger partial charge is 0.315 e. The summed E-state index contributed by atoms with van der Waals surface area (Å²) in [5, 5.41) is 5.66. The zero-order chi connectivity index (χ0) is 15.8. The standard InChI is InChI=1S/C16H24N2O3/c1-5-12(3)17-16(20)18-14(10-15(19)21-4)13-8-6-11(2)7-9-13/h6-9,12,14H,5,10H2,1-4H3,(H2,17,18,20). The molecule has 0 heterocycles. The highest BCUT2D eigenvalue weighted by Gasteiger charge is 2.19. The van der Waals surface area contributed by atoms with Crippen LogP contribution in [0.3, 0.4) is 0 Å². The number of carbonyl (C=O) groups is 2. The van der Waals surface area contributed by atoms with Crippen molar-refractivity contribution in [3.05, 3.63) is 35.4 Å². The average Bonchev–Trinajstić information content (AvgIpc) is 2.46. The van der Waals surface area contributed by atoms with Crippen molar-refractivity contribution >= 4 is 12.0 Å². The summed E-state index contributed by atoms with van der Waals surface area (Å²) in [4.78, 5) is 23.5. The lowest BCUT2D eigenvalue weighted by atomic mass is 10.0. The van der Waals surface area contributed by atoms with Gasteiger partial charge in [-0.25, -0.2) is 4.79 Å². The molecule has 116 valence electrons. The molecule has 0 aliphatic carbocycles. The van der Waals surface area contributed by atoms with Gasteiger partial charge in [-0.3, -0.25) is 4.79 Å². The van der Waals surface area contributed by atoms with Crippen LogP contribution in [0.25, 0.3) is 0 Å². The third-order valence-electron chi connectivity index (χ3n) is 3.37. The summed E-state index contributed by atoms with van der Waals surface area (Å²) in [6.45, 7) is 5.92. The first kappa shape index (κ1) is 17.0. The highest BCUT2D eigenvalue weighted by molar-refractivity contribution is 5.76. The molecule has 2 amide bonds. The van der Waals surface area contributed by atoms with Gasteiger partial charge in [0.25, 0.3) is 0 Å². The largest absolute Gasteiger partial charge is 0.469 e. The van der Waals surface area contributed by atoms with E-state index in [1.54, 1.807) is 0 Å². The Balaban J connectivity index is 2.79. The van der Waals surface area contributed by atoms with E-state index in [-0.39, 0.29) is 24.5 Å². The van der Waals surface area contributed by atoms with E-state index in [9.17, 15) is 9.59 Å². The fourth-order valence-electron chi connectivity index (χ4n) is 1.83. The van der Waals surface area contributed by atoms with E-state index in [1.807, 2.05) is 45.0 Å².